The predicted molar refractivity (Wildman–Crippen MR) is 61.4 cm³/mol. The summed E-state index contributed by atoms with van der Waals surface area (Å²) >= 11 is 4.06. The molecule has 0 aliphatic heterocycles. The van der Waals surface area contributed by atoms with Crippen molar-refractivity contribution in [2.24, 2.45) is 0 Å². The van der Waals surface area contributed by atoms with E-state index in [0.717, 1.165) is 12.1 Å². The zero-order valence-electron chi connectivity index (χ0n) is 9.04. The molecule has 6 heteroatoms. The molecule has 0 saturated heterocycles. The Kier molecular flexibility index (Phi) is 4.43. The highest BCUT2D eigenvalue weighted by Crippen LogP contribution is 2.30. The lowest BCUT2D eigenvalue weighted by atomic mass is 10.1. The van der Waals surface area contributed by atoms with Gasteiger partial charge in [-0.05, 0) is 30.7 Å². The smallest absolute Gasteiger partial charge is 0.302 e. The lowest BCUT2D eigenvalue weighted by Crippen LogP contribution is -2.20. The van der Waals surface area contributed by atoms with Crippen LogP contribution in [0.3, 0.4) is 0 Å². The van der Waals surface area contributed by atoms with E-state index in [4.69, 9.17) is 5.26 Å². The van der Waals surface area contributed by atoms with Crippen molar-refractivity contribution < 1.29 is 13.2 Å². The fourth-order valence-electron chi connectivity index (χ4n) is 1.29. The molecule has 1 aromatic rings. The van der Waals surface area contributed by atoms with Gasteiger partial charge in [0.15, 0.2) is 0 Å². The van der Waals surface area contributed by atoms with Crippen molar-refractivity contribution in [3.8, 4) is 6.07 Å². The summed E-state index contributed by atoms with van der Waals surface area (Å²) in [6, 6.07) is 5.02. The average molecular weight is 260 g/mol. The molecule has 1 unspecified atom stereocenters. The average Bonchev–Trinajstić information content (AvgIpc) is 2.24. The number of nitrogens with zero attached hydrogens (tertiary/aromatic N) is 1. The van der Waals surface area contributed by atoms with E-state index in [9.17, 15) is 13.2 Å². The van der Waals surface area contributed by atoms with Crippen LogP contribution in [0, 0.1) is 11.3 Å². The van der Waals surface area contributed by atoms with Crippen LogP contribution in [0.25, 0.3) is 0 Å². The van der Waals surface area contributed by atoms with Gasteiger partial charge in [-0.25, -0.2) is 0 Å². The minimum atomic E-state index is -4.44. The van der Waals surface area contributed by atoms with Crippen LogP contribution in [-0.4, -0.2) is 5.37 Å². The van der Waals surface area contributed by atoms with Crippen LogP contribution >= 0.6 is 12.6 Å². The summed E-state index contributed by atoms with van der Waals surface area (Å²) in [4.78, 5) is 0. The molecule has 1 aromatic carbocycles. The number of nitrogens with one attached hydrogen (secondary N) is 1. The molecule has 92 valence electrons. The van der Waals surface area contributed by atoms with Gasteiger partial charge in [0.2, 0.25) is 0 Å². The molecule has 0 bridgehead atoms. The molecule has 17 heavy (non-hydrogen) atoms. The third-order valence-corrected chi connectivity index (χ3v) is 2.23. The molecule has 0 fully saturated rings. The number of nitriles is 1. The molecule has 1 rings (SSSR count). The first-order valence-electron chi connectivity index (χ1n) is 4.85. The molecular weight excluding hydrogens is 249 g/mol. The predicted octanol–water partition coefficient (Wildman–Crippen LogP) is 2.94. The molecule has 0 aromatic heterocycles. The topological polar surface area (TPSA) is 35.8 Å². The molecule has 0 aliphatic rings. The Bertz CT molecular complexity index is 435. The maximum Gasteiger partial charge on any atom is 0.416 e. The first kappa shape index (κ1) is 13.9. The number of benzene rings is 1. The van der Waals surface area contributed by atoms with Gasteiger partial charge in [-0.1, -0.05) is 0 Å². The van der Waals surface area contributed by atoms with Crippen LogP contribution in [0.1, 0.15) is 23.6 Å². The largest absolute Gasteiger partial charge is 0.416 e. The highest BCUT2D eigenvalue weighted by molar-refractivity contribution is 7.80. The molecule has 0 aliphatic carbocycles. The van der Waals surface area contributed by atoms with Crippen molar-refractivity contribution in [3.05, 3.63) is 34.9 Å². The Morgan fingerprint density at radius 2 is 2.06 bits per heavy atom. The number of thiol groups is 1. The molecule has 0 heterocycles. The van der Waals surface area contributed by atoms with E-state index >= 15 is 0 Å². The number of alkyl halides is 3. The summed E-state index contributed by atoms with van der Waals surface area (Å²) in [6.07, 6.45) is -4.44. The van der Waals surface area contributed by atoms with Crippen LogP contribution in [0.4, 0.5) is 13.2 Å². The van der Waals surface area contributed by atoms with Gasteiger partial charge in [0, 0.05) is 11.9 Å². The fraction of sp³-hybridized carbons (Fsp3) is 0.364. The summed E-state index contributed by atoms with van der Waals surface area (Å²) in [5, 5.41) is 11.4. The standard InChI is InChI=1S/C11H11F3N2S/c1-7(17)16-6-9-2-8(5-15)3-10(4-9)11(12,13)14/h2-4,7,16-17H,6H2,1H3. The maximum atomic E-state index is 12.5. The monoisotopic (exact) mass is 260 g/mol. The van der Waals surface area contributed by atoms with Gasteiger partial charge in [0.1, 0.15) is 0 Å². The maximum absolute atomic E-state index is 12.5. The van der Waals surface area contributed by atoms with Crippen LogP contribution < -0.4 is 5.32 Å². The number of hydrogen-bond donors (Lipinski definition) is 2. The van der Waals surface area contributed by atoms with Crippen LogP contribution in [-0.2, 0) is 12.7 Å². The molecule has 1 N–H and O–H groups in total. The van der Waals surface area contributed by atoms with Gasteiger partial charge in [-0.15, -0.1) is 0 Å². The summed E-state index contributed by atoms with van der Waals surface area (Å²) in [6.45, 7) is 2.01. The van der Waals surface area contributed by atoms with Crippen molar-refractivity contribution in [1.29, 1.82) is 5.26 Å². The van der Waals surface area contributed by atoms with Crippen molar-refractivity contribution >= 4 is 12.6 Å². The minimum absolute atomic E-state index is 0.00319. The lowest BCUT2D eigenvalue weighted by molar-refractivity contribution is -0.137. The van der Waals surface area contributed by atoms with Crippen molar-refractivity contribution in [3.63, 3.8) is 0 Å². The van der Waals surface area contributed by atoms with Crippen molar-refractivity contribution in [2.75, 3.05) is 0 Å². The Hall–Kier alpha value is -1.19. The van der Waals surface area contributed by atoms with Crippen LogP contribution in [0.2, 0.25) is 0 Å². The van der Waals surface area contributed by atoms with Gasteiger partial charge in [-0.3, -0.25) is 0 Å². The van der Waals surface area contributed by atoms with Crippen molar-refractivity contribution in [2.45, 2.75) is 25.0 Å². The van der Waals surface area contributed by atoms with Gasteiger partial charge in [-0.2, -0.15) is 31.1 Å². The first-order valence-corrected chi connectivity index (χ1v) is 5.37. The Balaban J connectivity index is 3.03. The highest BCUT2D eigenvalue weighted by Gasteiger charge is 2.31. The Morgan fingerprint density at radius 3 is 2.53 bits per heavy atom. The van der Waals surface area contributed by atoms with Crippen molar-refractivity contribution in [1.82, 2.24) is 5.32 Å². The Labute approximate surface area is 103 Å². The van der Waals surface area contributed by atoms with Gasteiger partial charge < -0.3 is 5.32 Å². The van der Waals surface area contributed by atoms with E-state index in [1.165, 1.54) is 6.07 Å². The minimum Gasteiger partial charge on any atom is -0.302 e. The van der Waals surface area contributed by atoms with E-state index in [0.29, 0.717) is 5.56 Å². The molecule has 0 amide bonds. The summed E-state index contributed by atoms with van der Waals surface area (Å²) in [5.74, 6) is 0. The van der Waals surface area contributed by atoms with E-state index in [2.05, 4.69) is 17.9 Å². The molecular formula is C11H11F3N2S. The van der Waals surface area contributed by atoms with Gasteiger partial charge in [0.25, 0.3) is 0 Å². The molecule has 1 atom stereocenters. The third-order valence-electron chi connectivity index (χ3n) is 2.05. The second kappa shape index (κ2) is 5.43. The molecule has 0 radical (unpaired) electrons. The van der Waals surface area contributed by atoms with E-state index in [1.807, 2.05) is 0 Å². The second-order valence-electron chi connectivity index (χ2n) is 3.59. The first-order chi connectivity index (χ1) is 7.82. The third kappa shape index (κ3) is 4.29. The fourth-order valence-corrected chi connectivity index (χ4v) is 1.38. The van der Waals surface area contributed by atoms with Crippen LogP contribution in [0.5, 0.6) is 0 Å². The number of halogens is 3. The molecule has 2 nitrogen and oxygen atoms in total. The van der Waals surface area contributed by atoms with Gasteiger partial charge in [0.05, 0.1) is 17.2 Å². The Morgan fingerprint density at radius 1 is 1.41 bits per heavy atom. The zero-order valence-corrected chi connectivity index (χ0v) is 9.94. The second-order valence-corrected chi connectivity index (χ2v) is 4.36. The summed E-state index contributed by atoms with van der Waals surface area (Å²) in [5.41, 5.74) is -0.388. The van der Waals surface area contributed by atoms with E-state index < -0.39 is 11.7 Å². The van der Waals surface area contributed by atoms with E-state index in [1.54, 1.807) is 13.0 Å². The zero-order chi connectivity index (χ0) is 13.1. The quantitative estimate of drug-likeness (QED) is 0.647. The summed E-state index contributed by atoms with van der Waals surface area (Å²) in [7, 11) is 0. The summed E-state index contributed by atoms with van der Waals surface area (Å²) < 4.78 is 37.6. The molecule has 0 saturated carbocycles. The van der Waals surface area contributed by atoms with Crippen LogP contribution in [0.15, 0.2) is 18.2 Å². The van der Waals surface area contributed by atoms with Gasteiger partial charge >= 0.3 is 6.18 Å². The normalized spacial score (nSPS) is 13.2. The SMILES string of the molecule is CC(S)NCc1cc(C#N)cc(C(F)(F)F)c1. The molecule has 0 spiro atoms. The lowest BCUT2D eigenvalue weighted by Gasteiger charge is -2.11. The number of rotatable bonds is 3. The van der Waals surface area contributed by atoms with E-state index in [-0.39, 0.29) is 17.5 Å². The highest BCUT2D eigenvalue weighted by atomic mass is 32.1. The number of hydrogen-bond acceptors (Lipinski definition) is 3.